The highest BCUT2D eigenvalue weighted by Crippen LogP contribution is 2.38. The summed E-state index contributed by atoms with van der Waals surface area (Å²) in [5.41, 5.74) is 1.50. The fourth-order valence-electron chi connectivity index (χ4n) is 4.30. The van der Waals surface area contributed by atoms with E-state index < -0.39 is 11.7 Å². The van der Waals surface area contributed by atoms with Gasteiger partial charge in [0.1, 0.15) is 5.75 Å². The molecule has 1 aliphatic heterocycles. The molecule has 5 nitrogen and oxygen atoms in total. The Bertz CT molecular complexity index is 888. The van der Waals surface area contributed by atoms with Crippen LogP contribution in [0.2, 0.25) is 0 Å². The lowest BCUT2D eigenvalue weighted by Gasteiger charge is -2.22. The molecule has 164 valence electrons. The molecule has 1 fully saturated rings. The summed E-state index contributed by atoms with van der Waals surface area (Å²) in [6.45, 7) is 2.96. The van der Waals surface area contributed by atoms with Crippen LogP contribution in [0.3, 0.4) is 0 Å². The Morgan fingerprint density at radius 1 is 1.20 bits per heavy atom. The largest absolute Gasteiger partial charge is 0.496 e. The van der Waals surface area contributed by atoms with Gasteiger partial charge in [0, 0.05) is 12.5 Å². The second-order valence-corrected chi connectivity index (χ2v) is 8.17. The van der Waals surface area contributed by atoms with Crippen molar-refractivity contribution in [3.63, 3.8) is 0 Å². The van der Waals surface area contributed by atoms with Crippen molar-refractivity contribution in [2.75, 3.05) is 13.7 Å². The highest BCUT2D eigenvalue weighted by Gasteiger charge is 2.35. The molecule has 1 aliphatic carbocycles. The molecule has 0 unspecified atom stereocenters. The van der Waals surface area contributed by atoms with Gasteiger partial charge in [-0.2, -0.15) is 13.2 Å². The summed E-state index contributed by atoms with van der Waals surface area (Å²) in [5.74, 6) is 0.810. The van der Waals surface area contributed by atoms with E-state index in [-0.39, 0.29) is 11.9 Å². The van der Waals surface area contributed by atoms with Crippen molar-refractivity contribution >= 4 is 0 Å². The minimum absolute atomic E-state index is 0.00418. The maximum Gasteiger partial charge on any atom is 0.419 e. The molecule has 1 aromatic carbocycles. The number of hydrogen-bond donors (Lipinski definition) is 0. The van der Waals surface area contributed by atoms with Crippen LogP contribution in [0.1, 0.15) is 55.8 Å². The van der Waals surface area contributed by atoms with Crippen LogP contribution < -0.4 is 9.47 Å². The van der Waals surface area contributed by atoms with Gasteiger partial charge < -0.3 is 14.2 Å². The van der Waals surface area contributed by atoms with E-state index in [1.54, 1.807) is 4.68 Å². The van der Waals surface area contributed by atoms with E-state index in [4.69, 9.17) is 14.2 Å². The van der Waals surface area contributed by atoms with Crippen molar-refractivity contribution in [2.24, 2.45) is 5.92 Å². The second kappa shape index (κ2) is 8.49. The van der Waals surface area contributed by atoms with Crippen molar-refractivity contribution in [3.8, 4) is 17.3 Å². The molecule has 2 aromatic rings. The predicted octanol–water partition coefficient (Wildman–Crippen LogP) is 5.32. The molecule has 0 saturated heterocycles. The van der Waals surface area contributed by atoms with E-state index in [1.807, 2.05) is 6.92 Å². The van der Waals surface area contributed by atoms with Crippen molar-refractivity contribution in [1.82, 2.24) is 9.78 Å². The standard InChI is InChI=1S/C22H27F3N2O3/c1-14-10-19-17(13-29-14)21(30-12-15-6-4-3-5-7-15)26-27(19)16-8-9-18(22(23,24)25)20(11-16)28-2/h8-9,11,14-15H,3-7,10,12-13H2,1-2H3/t14-/m1/s1. The molecule has 0 radical (unpaired) electrons. The van der Waals surface area contributed by atoms with Gasteiger partial charge in [-0.05, 0) is 37.8 Å². The number of hydrogen-bond acceptors (Lipinski definition) is 4. The highest BCUT2D eigenvalue weighted by atomic mass is 19.4. The Morgan fingerprint density at radius 2 is 1.97 bits per heavy atom. The van der Waals surface area contributed by atoms with E-state index in [9.17, 15) is 13.2 Å². The van der Waals surface area contributed by atoms with E-state index in [1.165, 1.54) is 38.5 Å². The van der Waals surface area contributed by atoms with E-state index in [0.717, 1.165) is 30.2 Å². The lowest BCUT2D eigenvalue weighted by molar-refractivity contribution is -0.138. The molecule has 30 heavy (non-hydrogen) atoms. The number of methoxy groups -OCH3 is 1. The van der Waals surface area contributed by atoms with Crippen molar-refractivity contribution < 1.29 is 27.4 Å². The summed E-state index contributed by atoms with van der Waals surface area (Å²) < 4.78 is 58.3. The zero-order valence-electron chi connectivity index (χ0n) is 17.3. The minimum atomic E-state index is -4.48. The quantitative estimate of drug-likeness (QED) is 0.652. The molecule has 8 heteroatoms. The van der Waals surface area contributed by atoms with Crippen LogP contribution in [0.25, 0.3) is 5.69 Å². The Balaban J connectivity index is 1.66. The summed E-state index contributed by atoms with van der Waals surface area (Å²) in [6.07, 6.45) is 2.18. The molecule has 4 rings (SSSR count). The number of ether oxygens (including phenoxy) is 3. The van der Waals surface area contributed by atoms with Crippen LogP contribution in [0.15, 0.2) is 18.2 Å². The first-order valence-electron chi connectivity index (χ1n) is 10.5. The molecule has 2 aliphatic rings. The van der Waals surface area contributed by atoms with Gasteiger partial charge in [0.05, 0.1) is 48.9 Å². The molecule has 0 amide bonds. The van der Waals surface area contributed by atoms with Gasteiger partial charge >= 0.3 is 6.18 Å². The molecule has 2 heterocycles. The number of alkyl halides is 3. The number of benzene rings is 1. The van der Waals surface area contributed by atoms with Crippen molar-refractivity contribution in [3.05, 3.63) is 35.0 Å². The third-order valence-electron chi connectivity index (χ3n) is 5.96. The maximum atomic E-state index is 13.2. The zero-order chi connectivity index (χ0) is 21.3. The average Bonchev–Trinajstić information content (AvgIpc) is 3.09. The van der Waals surface area contributed by atoms with Crippen LogP contribution in [0, 0.1) is 5.92 Å². The summed E-state index contributed by atoms with van der Waals surface area (Å²) in [6, 6.07) is 3.83. The maximum absolute atomic E-state index is 13.2. The van der Waals surface area contributed by atoms with Crippen LogP contribution >= 0.6 is 0 Å². The molecular weight excluding hydrogens is 397 g/mol. The Morgan fingerprint density at radius 3 is 2.67 bits per heavy atom. The molecule has 1 atom stereocenters. The first kappa shape index (κ1) is 21.0. The zero-order valence-corrected chi connectivity index (χ0v) is 17.3. The molecule has 1 saturated carbocycles. The molecule has 0 N–H and O–H groups in total. The normalized spacial score (nSPS) is 20.1. The smallest absolute Gasteiger partial charge is 0.419 e. The van der Waals surface area contributed by atoms with Crippen molar-refractivity contribution in [2.45, 2.75) is 64.3 Å². The summed E-state index contributed by atoms with van der Waals surface area (Å²) in [5, 5.41) is 4.63. The topological polar surface area (TPSA) is 45.5 Å². The summed E-state index contributed by atoms with van der Waals surface area (Å²) in [4.78, 5) is 0. The average molecular weight is 424 g/mol. The number of rotatable bonds is 5. The number of fused-ring (bicyclic) bond motifs is 1. The number of nitrogens with zero attached hydrogens (tertiary/aromatic N) is 2. The lowest BCUT2D eigenvalue weighted by atomic mass is 9.90. The fraction of sp³-hybridized carbons (Fsp3) is 0.591. The Labute approximate surface area is 174 Å². The van der Waals surface area contributed by atoms with Crippen molar-refractivity contribution in [1.29, 1.82) is 0 Å². The van der Waals surface area contributed by atoms with E-state index in [0.29, 0.717) is 37.1 Å². The van der Waals surface area contributed by atoms with Gasteiger partial charge in [0.2, 0.25) is 5.88 Å². The monoisotopic (exact) mass is 424 g/mol. The van der Waals surface area contributed by atoms with Gasteiger partial charge in [0.15, 0.2) is 0 Å². The molecule has 1 aromatic heterocycles. The highest BCUT2D eigenvalue weighted by molar-refractivity contribution is 5.48. The summed E-state index contributed by atoms with van der Waals surface area (Å²) >= 11 is 0. The predicted molar refractivity (Wildman–Crippen MR) is 105 cm³/mol. The first-order chi connectivity index (χ1) is 14.4. The van der Waals surface area contributed by atoms with E-state index >= 15 is 0 Å². The van der Waals surface area contributed by atoms with Gasteiger partial charge in [-0.1, -0.05) is 19.3 Å². The second-order valence-electron chi connectivity index (χ2n) is 8.17. The fourth-order valence-corrected chi connectivity index (χ4v) is 4.30. The summed E-state index contributed by atoms with van der Waals surface area (Å²) in [7, 11) is 1.24. The van der Waals surface area contributed by atoms with Crippen LogP contribution in [0.4, 0.5) is 13.2 Å². The van der Waals surface area contributed by atoms with Gasteiger partial charge in [-0.15, -0.1) is 5.10 Å². The van der Waals surface area contributed by atoms with Crippen LogP contribution in [0.5, 0.6) is 11.6 Å². The van der Waals surface area contributed by atoms with Crippen LogP contribution in [-0.4, -0.2) is 29.6 Å². The first-order valence-corrected chi connectivity index (χ1v) is 10.5. The molecule has 0 bridgehead atoms. The Hall–Kier alpha value is -2.22. The SMILES string of the molecule is COc1cc(-n2nc(OCC3CCCCC3)c3c2C[C@@H](C)OC3)ccc1C(F)(F)F. The van der Waals surface area contributed by atoms with Crippen LogP contribution in [-0.2, 0) is 23.9 Å². The third kappa shape index (κ3) is 4.29. The molecular formula is C22H27F3N2O3. The van der Waals surface area contributed by atoms with E-state index in [2.05, 4.69) is 5.10 Å². The third-order valence-corrected chi connectivity index (χ3v) is 5.96. The minimum Gasteiger partial charge on any atom is -0.496 e. The number of aromatic nitrogens is 2. The molecule has 0 spiro atoms. The van der Waals surface area contributed by atoms with Gasteiger partial charge in [-0.3, -0.25) is 0 Å². The van der Waals surface area contributed by atoms with Gasteiger partial charge in [0.25, 0.3) is 0 Å². The lowest BCUT2D eigenvalue weighted by Crippen LogP contribution is -2.21. The Kier molecular flexibility index (Phi) is 5.95. The van der Waals surface area contributed by atoms with Gasteiger partial charge in [-0.25, -0.2) is 4.68 Å². The number of halogens is 3.